The van der Waals surface area contributed by atoms with E-state index in [2.05, 4.69) is 223 Å². The molecular formula is C54H39BN2. The molecule has 0 aliphatic carbocycles. The second-order valence-corrected chi connectivity index (χ2v) is 15.4. The SMILES string of the molecule is Cc1cc(-c2ccc3ccccc3c2Nc2ccc(-c3ccccc3)cc2)c2c(c1)N1c3ccccc3C(c3ccccc3)(c3ccccc3)c3cccc(c31)B2. The van der Waals surface area contributed by atoms with E-state index in [-0.39, 0.29) is 0 Å². The van der Waals surface area contributed by atoms with Crippen LogP contribution in [0.2, 0.25) is 0 Å². The molecule has 2 aliphatic rings. The topological polar surface area (TPSA) is 15.3 Å². The molecule has 9 aromatic carbocycles. The maximum atomic E-state index is 3.93. The van der Waals surface area contributed by atoms with Crippen molar-refractivity contribution in [1.29, 1.82) is 0 Å². The number of hydrogen-bond donors (Lipinski definition) is 1. The Morgan fingerprint density at radius 2 is 1.12 bits per heavy atom. The van der Waals surface area contributed by atoms with Crippen molar-refractivity contribution in [2.45, 2.75) is 12.3 Å². The van der Waals surface area contributed by atoms with Crippen molar-refractivity contribution in [1.82, 2.24) is 0 Å². The molecule has 3 heteroatoms. The number of hydrogen-bond acceptors (Lipinski definition) is 2. The molecule has 0 saturated carbocycles. The maximum absolute atomic E-state index is 3.93. The van der Waals surface area contributed by atoms with E-state index in [9.17, 15) is 0 Å². The van der Waals surface area contributed by atoms with Crippen molar-refractivity contribution in [2.24, 2.45) is 0 Å². The smallest absolute Gasteiger partial charge is 0.198 e. The van der Waals surface area contributed by atoms with E-state index in [1.807, 2.05) is 0 Å². The zero-order chi connectivity index (χ0) is 37.9. The highest BCUT2D eigenvalue weighted by atomic mass is 15.2. The van der Waals surface area contributed by atoms with E-state index < -0.39 is 5.41 Å². The Morgan fingerprint density at radius 1 is 0.491 bits per heavy atom. The number of anilines is 5. The van der Waals surface area contributed by atoms with Crippen LogP contribution >= 0.6 is 0 Å². The summed E-state index contributed by atoms with van der Waals surface area (Å²) in [6, 6.07) is 75.9. The fourth-order valence-corrected chi connectivity index (χ4v) is 9.73. The van der Waals surface area contributed by atoms with Gasteiger partial charge in [0, 0.05) is 28.0 Å². The Bertz CT molecular complexity index is 2920. The molecule has 2 heterocycles. The lowest BCUT2D eigenvalue weighted by molar-refractivity contribution is 0.732. The highest BCUT2D eigenvalue weighted by Gasteiger charge is 2.48. The lowest BCUT2D eigenvalue weighted by Gasteiger charge is -2.49. The third-order valence-electron chi connectivity index (χ3n) is 12.2. The van der Waals surface area contributed by atoms with Gasteiger partial charge in [-0.3, -0.25) is 0 Å². The molecule has 0 amide bonds. The number of fused-ring (bicyclic) bond motifs is 5. The van der Waals surface area contributed by atoms with Crippen LogP contribution in [0, 0.1) is 6.92 Å². The molecule has 11 rings (SSSR count). The van der Waals surface area contributed by atoms with Gasteiger partial charge in [-0.05, 0) is 86.5 Å². The summed E-state index contributed by atoms with van der Waals surface area (Å²) in [5.41, 5.74) is 19.4. The average molecular weight is 727 g/mol. The van der Waals surface area contributed by atoms with Crippen LogP contribution in [0.4, 0.5) is 28.4 Å². The second-order valence-electron chi connectivity index (χ2n) is 15.4. The van der Waals surface area contributed by atoms with Gasteiger partial charge >= 0.3 is 0 Å². The lowest BCUT2D eigenvalue weighted by Crippen LogP contribution is -2.47. The molecule has 0 saturated heterocycles. The average Bonchev–Trinajstić information content (AvgIpc) is 3.27. The summed E-state index contributed by atoms with van der Waals surface area (Å²) in [6.45, 7) is 2.25. The molecule has 2 aliphatic heterocycles. The van der Waals surface area contributed by atoms with Gasteiger partial charge in [0.2, 0.25) is 0 Å². The van der Waals surface area contributed by atoms with Crippen molar-refractivity contribution >= 4 is 57.4 Å². The fraction of sp³-hybridized carbons (Fsp3) is 0.0370. The Hall–Kier alpha value is -7.10. The number of aryl methyl sites for hydroxylation is 1. The maximum Gasteiger partial charge on any atom is 0.198 e. The third kappa shape index (κ3) is 5.20. The summed E-state index contributed by atoms with van der Waals surface area (Å²) in [6.07, 6.45) is 0. The van der Waals surface area contributed by atoms with E-state index in [4.69, 9.17) is 0 Å². The van der Waals surface area contributed by atoms with Gasteiger partial charge < -0.3 is 10.2 Å². The van der Waals surface area contributed by atoms with E-state index in [1.165, 1.54) is 88.8 Å². The van der Waals surface area contributed by atoms with E-state index >= 15 is 0 Å². The van der Waals surface area contributed by atoms with Gasteiger partial charge in [0.15, 0.2) is 7.28 Å². The molecule has 2 nitrogen and oxygen atoms in total. The first kappa shape index (κ1) is 33.3. The first-order valence-corrected chi connectivity index (χ1v) is 19.9. The summed E-state index contributed by atoms with van der Waals surface area (Å²) in [7, 11) is 0.824. The molecular weight excluding hydrogens is 687 g/mol. The number of rotatable bonds is 6. The summed E-state index contributed by atoms with van der Waals surface area (Å²) in [4.78, 5) is 2.58. The molecule has 0 fully saturated rings. The van der Waals surface area contributed by atoms with Gasteiger partial charge in [-0.15, -0.1) is 0 Å². The van der Waals surface area contributed by atoms with Crippen molar-refractivity contribution in [2.75, 3.05) is 10.2 Å². The molecule has 57 heavy (non-hydrogen) atoms. The highest BCUT2D eigenvalue weighted by Crippen LogP contribution is 2.58. The first-order chi connectivity index (χ1) is 28.2. The Balaban J connectivity index is 1.12. The quantitative estimate of drug-likeness (QED) is 0.172. The van der Waals surface area contributed by atoms with Gasteiger partial charge in [0.25, 0.3) is 0 Å². The monoisotopic (exact) mass is 726 g/mol. The molecule has 0 radical (unpaired) electrons. The minimum Gasteiger partial charge on any atom is -0.355 e. The van der Waals surface area contributed by atoms with Crippen molar-refractivity contribution in [3.8, 4) is 22.3 Å². The number of nitrogens with zero attached hydrogens (tertiary/aromatic N) is 1. The molecule has 0 unspecified atom stereocenters. The molecule has 0 atom stereocenters. The molecule has 1 N–H and O–H groups in total. The first-order valence-electron chi connectivity index (χ1n) is 19.9. The van der Waals surface area contributed by atoms with E-state index in [0.29, 0.717) is 0 Å². The minimum absolute atomic E-state index is 0.489. The van der Waals surface area contributed by atoms with Gasteiger partial charge in [-0.2, -0.15) is 0 Å². The number of para-hydroxylation sites is 2. The van der Waals surface area contributed by atoms with Crippen LogP contribution in [0.5, 0.6) is 0 Å². The molecule has 0 aromatic heterocycles. The van der Waals surface area contributed by atoms with Crippen LogP contribution in [-0.4, -0.2) is 7.28 Å². The lowest BCUT2D eigenvalue weighted by atomic mass is 9.54. The van der Waals surface area contributed by atoms with Gasteiger partial charge in [-0.25, -0.2) is 0 Å². The Morgan fingerprint density at radius 3 is 1.88 bits per heavy atom. The largest absolute Gasteiger partial charge is 0.355 e. The van der Waals surface area contributed by atoms with Gasteiger partial charge in [-0.1, -0.05) is 187 Å². The van der Waals surface area contributed by atoms with Gasteiger partial charge in [0.05, 0.1) is 16.8 Å². The van der Waals surface area contributed by atoms with Crippen LogP contribution in [0.15, 0.2) is 206 Å². The second kappa shape index (κ2) is 13.3. The van der Waals surface area contributed by atoms with Gasteiger partial charge in [0.1, 0.15) is 0 Å². The van der Waals surface area contributed by atoms with Crippen LogP contribution < -0.4 is 21.1 Å². The van der Waals surface area contributed by atoms with Crippen LogP contribution in [0.1, 0.15) is 27.8 Å². The van der Waals surface area contributed by atoms with E-state index in [0.717, 1.165) is 18.7 Å². The van der Waals surface area contributed by atoms with Crippen LogP contribution in [-0.2, 0) is 5.41 Å². The third-order valence-corrected chi connectivity index (χ3v) is 12.2. The van der Waals surface area contributed by atoms with Crippen LogP contribution in [0.25, 0.3) is 33.0 Å². The molecule has 0 spiro atoms. The standard InChI is InChI=1S/C54H39BN2/c1-36-34-45(44-33-30-39-18-11-12-23-43(39)52(44)56-42-31-28-38(29-32-42)37-16-5-2-6-17-37)51-50(35-36)57-49-27-14-13-24-46(49)54(40-19-7-3-8-20-40,41-21-9-4-10-22-41)47-25-15-26-48(55-51)53(47)57/h2-35,55-56H,1H3. The number of benzene rings is 9. The van der Waals surface area contributed by atoms with E-state index in [1.54, 1.807) is 0 Å². The normalized spacial score (nSPS) is 13.2. The predicted octanol–water partition coefficient (Wildman–Crippen LogP) is 12.1. The Labute approximate surface area is 335 Å². The minimum atomic E-state index is -0.489. The zero-order valence-electron chi connectivity index (χ0n) is 31.8. The Kier molecular flexibility index (Phi) is 7.75. The fourth-order valence-electron chi connectivity index (χ4n) is 9.73. The summed E-state index contributed by atoms with van der Waals surface area (Å²) in [5, 5.41) is 6.35. The predicted molar refractivity (Wildman–Crippen MR) is 242 cm³/mol. The number of nitrogens with one attached hydrogen (secondary N) is 1. The highest BCUT2D eigenvalue weighted by molar-refractivity contribution is 6.73. The summed E-state index contributed by atoms with van der Waals surface area (Å²) >= 11 is 0. The molecule has 9 aromatic rings. The van der Waals surface area contributed by atoms with Crippen molar-refractivity contribution in [3.05, 3.63) is 234 Å². The zero-order valence-corrected chi connectivity index (χ0v) is 31.8. The van der Waals surface area contributed by atoms with Crippen molar-refractivity contribution in [3.63, 3.8) is 0 Å². The molecule has 268 valence electrons. The summed E-state index contributed by atoms with van der Waals surface area (Å²) in [5.74, 6) is 0. The summed E-state index contributed by atoms with van der Waals surface area (Å²) < 4.78 is 0. The molecule has 0 bridgehead atoms. The van der Waals surface area contributed by atoms with Crippen molar-refractivity contribution < 1.29 is 0 Å². The van der Waals surface area contributed by atoms with Crippen LogP contribution in [0.3, 0.4) is 0 Å².